The maximum absolute atomic E-state index is 12.8. The Morgan fingerprint density at radius 3 is 2.59 bits per heavy atom. The summed E-state index contributed by atoms with van der Waals surface area (Å²) in [5.74, 6) is 0.0932. The second kappa shape index (κ2) is 7.22. The lowest BCUT2D eigenvalue weighted by molar-refractivity contribution is 0.103. The molecule has 2 aromatic carbocycles. The van der Waals surface area contributed by atoms with Gasteiger partial charge in [-0.1, -0.05) is 48.7 Å². The van der Waals surface area contributed by atoms with E-state index in [1.807, 2.05) is 18.2 Å². The number of thiazole rings is 1. The first-order valence-electron chi connectivity index (χ1n) is 8.12. The van der Waals surface area contributed by atoms with Gasteiger partial charge in [0.15, 0.2) is 0 Å². The molecule has 0 unspecified atom stereocenters. The number of hydrogen-bond acceptors (Lipinski definition) is 4. The maximum Gasteiger partial charge on any atom is 0.267 e. The van der Waals surface area contributed by atoms with Gasteiger partial charge < -0.3 is 5.32 Å². The van der Waals surface area contributed by atoms with Crippen LogP contribution in [-0.4, -0.2) is 10.9 Å². The third-order valence-corrected chi connectivity index (χ3v) is 7.47. The van der Waals surface area contributed by atoms with Gasteiger partial charge in [-0.25, -0.2) is 4.98 Å². The molecule has 4 rings (SSSR count). The summed E-state index contributed by atoms with van der Waals surface area (Å²) in [6, 6.07) is 9.07. The summed E-state index contributed by atoms with van der Waals surface area (Å²) in [5, 5.41) is 5.93. The number of benzene rings is 2. The third-order valence-electron chi connectivity index (χ3n) is 4.01. The molecule has 0 saturated carbocycles. The molecule has 8 heteroatoms. The number of nitrogens with zero attached hydrogens (tertiary/aromatic N) is 1. The van der Waals surface area contributed by atoms with Gasteiger partial charge in [-0.3, -0.25) is 4.79 Å². The molecule has 0 aliphatic carbocycles. The van der Waals surface area contributed by atoms with Crippen molar-refractivity contribution < 1.29 is 4.79 Å². The van der Waals surface area contributed by atoms with Crippen LogP contribution in [0.25, 0.3) is 20.3 Å². The second-order valence-electron chi connectivity index (χ2n) is 6.35. The van der Waals surface area contributed by atoms with Crippen LogP contribution >= 0.6 is 57.5 Å². The Balaban J connectivity index is 1.68. The first kappa shape index (κ1) is 19.0. The Kier molecular flexibility index (Phi) is 5.08. The molecule has 0 saturated heterocycles. The number of anilines is 1. The summed E-state index contributed by atoms with van der Waals surface area (Å²) < 4.78 is 1.82. The minimum Gasteiger partial charge on any atom is -0.321 e. The molecule has 0 spiro atoms. The van der Waals surface area contributed by atoms with E-state index >= 15 is 0 Å². The fraction of sp³-hybridized carbons (Fsp3) is 0.158. The number of thiophene rings is 1. The summed E-state index contributed by atoms with van der Waals surface area (Å²) in [7, 11) is 0. The van der Waals surface area contributed by atoms with E-state index in [4.69, 9.17) is 34.8 Å². The maximum atomic E-state index is 12.8. The largest absolute Gasteiger partial charge is 0.321 e. The second-order valence-corrected chi connectivity index (χ2v) is 9.69. The van der Waals surface area contributed by atoms with E-state index in [1.165, 1.54) is 11.3 Å². The van der Waals surface area contributed by atoms with Gasteiger partial charge in [-0.2, -0.15) is 0 Å². The summed E-state index contributed by atoms with van der Waals surface area (Å²) >= 11 is 21.6. The number of hydrogen-bond donors (Lipinski definition) is 1. The van der Waals surface area contributed by atoms with Crippen molar-refractivity contribution in [2.45, 2.75) is 19.8 Å². The van der Waals surface area contributed by atoms with Gasteiger partial charge in [-0.15, -0.1) is 22.7 Å². The molecular weight excluding hydrogens is 443 g/mol. The molecule has 1 amide bonds. The lowest BCUT2D eigenvalue weighted by Gasteiger charge is -2.04. The van der Waals surface area contributed by atoms with Crippen molar-refractivity contribution in [1.29, 1.82) is 0 Å². The Labute approximate surface area is 178 Å². The van der Waals surface area contributed by atoms with Gasteiger partial charge in [0.05, 0.1) is 25.3 Å². The van der Waals surface area contributed by atoms with E-state index in [2.05, 4.69) is 24.1 Å². The minimum atomic E-state index is -0.277. The van der Waals surface area contributed by atoms with Crippen LogP contribution in [0.3, 0.4) is 0 Å². The first-order chi connectivity index (χ1) is 12.8. The van der Waals surface area contributed by atoms with Crippen LogP contribution in [0.1, 0.15) is 34.4 Å². The van der Waals surface area contributed by atoms with E-state index < -0.39 is 0 Å². The minimum absolute atomic E-state index is 0.277. The van der Waals surface area contributed by atoms with E-state index in [0.717, 1.165) is 19.9 Å². The predicted octanol–water partition coefficient (Wildman–Crippen LogP) is 7.85. The molecule has 0 atom stereocenters. The van der Waals surface area contributed by atoms with Crippen LogP contribution in [0.4, 0.5) is 5.69 Å². The molecule has 2 aromatic heterocycles. The van der Waals surface area contributed by atoms with E-state index in [9.17, 15) is 4.79 Å². The number of amides is 1. The van der Waals surface area contributed by atoms with Crippen LogP contribution in [0.15, 0.2) is 30.3 Å². The highest BCUT2D eigenvalue weighted by atomic mass is 35.5. The molecule has 3 nitrogen and oxygen atoms in total. The molecule has 2 heterocycles. The zero-order valence-electron chi connectivity index (χ0n) is 14.3. The highest BCUT2D eigenvalue weighted by Gasteiger charge is 2.20. The van der Waals surface area contributed by atoms with Crippen molar-refractivity contribution >= 4 is 89.4 Å². The molecule has 0 aliphatic heterocycles. The summed E-state index contributed by atoms with van der Waals surface area (Å²) in [5.41, 5.74) is 1.63. The van der Waals surface area contributed by atoms with Gasteiger partial charge in [0.25, 0.3) is 5.91 Å². The summed E-state index contributed by atoms with van der Waals surface area (Å²) in [6.45, 7) is 4.22. The molecular formula is C19H13Cl3N2OS2. The van der Waals surface area contributed by atoms with E-state index in [-0.39, 0.29) is 5.91 Å². The number of fused-ring (bicyclic) bond motifs is 2. The van der Waals surface area contributed by atoms with Gasteiger partial charge >= 0.3 is 0 Å². The normalized spacial score (nSPS) is 11.6. The van der Waals surface area contributed by atoms with Crippen LogP contribution in [0.2, 0.25) is 15.1 Å². The predicted molar refractivity (Wildman–Crippen MR) is 119 cm³/mol. The van der Waals surface area contributed by atoms with E-state index in [0.29, 0.717) is 36.9 Å². The number of aromatic nitrogens is 1. The highest BCUT2D eigenvalue weighted by Crippen LogP contribution is 2.41. The number of carbonyl (C=O) groups is 1. The Bertz CT molecular complexity index is 1200. The quantitative estimate of drug-likeness (QED) is 0.342. The first-order valence-corrected chi connectivity index (χ1v) is 10.9. The topological polar surface area (TPSA) is 42.0 Å². The van der Waals surface area contributed by atoms with Crippen molar-refractivity contribution in [2.24, 2.45) is 0 Å². The number of carbonyl (C=O) groups excluding carboxylic acids is 1. The molecule has 138 valence electrons. The van der Waals surface area contributed by atoms with Gasteiger partial charge in [0.1, 0.15) is 4.88 Å². The molecule has 0 aliphatic rings. The zero-order chi connectivity index (χ0) is 19.3. The third kappa shape index (κ3) is 3.55. The Hall–Kier alpha value is -1.37. The van der Waals surface area contributed by atoms with Gasteiger partial charge in [-0.05, 0) is 30.3 Å². The zero-order valence-corrected chi connectivity index (χ0v) is 18.2. The molecule has 0 radical (unpaired) electrons. The van der Waals surface area contributed by atoms with Crippen LogP contribution in [0, 0.1) is 0 Å². The molecule has 27 heavy (non-hydrogen) atoms. The van der Waals surface area contributed by atoms with Crippen LogP contribution in [-0.2, 0) is 0 Å². The van der Waals surface area contributed by atoms with Crippen molar-refractivity contribution in [3.63, 3.8) is 0 Å². The van der Waals surface area contributed by atoms with Crippen LogP contribution < -0.4 is 5.32 Å². The SMILES string of the molecule is CC(C)c1nc2ccc(NC(=O)c3sc4cc(Cl)cc(Cl)c4c3Cl)cc2s1. The summed E-state index contributed by atoms with van der Waals surface area (Å²) in [6.07, 6.45) is 0. The fourth-order valence-corrected chi connectivity index (χ4v) is 6.00. The monoisotopic (exact) mass is 454 g/mol. The smallest absolute Gasteiger partial charge is 0.267 e. The van der Waals surface area contributed by atoms with E-state index in [1.54, 1.807) is 23.5 Å². The van der Waals surface area contributed by atoms with Crippen molar-refractivity contribution in [3.05, 3.63) is 55.3 Å². The fourth-order valence-electron chi connectivity index (χ4n) is 2.71. The highest BCUT2D eigenvalue weighted by molar-refractivity contribution is 7.22. The van der Waals surface area contributed by atoms with Crippen LogP contribution in [0.5, 0.6) is 0 Å². The number of nitrogens with one attached hydrogen (secondary N) is 1. The summed E-state index contributed by atoms with van der Waals surface area (Å²) in [4.78, 5) is 17.8. The average Bonchev–Trinajstić information content (AvgIpc) is 3.15. The Morgan fingerprint density at radius 1 is 1.07 bits per heavy atom. The van der Waals surface area contributed by atoms with Crippen molar-refractivity contribution in [3.8, 4) is 0 Å². The molecule has 0 fully saturated rings. The standard InChI is InChI=1S/C19H13Cl3N2OS2/c1-8(2)19-24-12-4-3-10(7-13(12)27-19)23-18(25)17-16(22)15-11(21)5-9(20)6-14(15)26-17/h3-8H,1-2H3,(H,23,25). The van der Waals surface area contributed by atoms with Gasteiger partial charge in [0.2, 0.25) is 0 Å². The lowest BCUT2D eigenvalue weighted by Crippen LogP contribution is -2.10. The molecule has 1 N–H and O–H groups in total. The number of rotatable bonds is 3. The Morgan fingerprint density at radius 2 is 1.85 bits per heavy atom. The molecule has 4 aromatic rings. The van der Waals surface area contributed by atoms with Crippen molar-refractivity contribution in [2.75, 3.05) is 5.32 Å². The lowest BCUT2D eigenvalue weighted by atomic mass is 10.2. The van der Waals surface area contributed by atoms with Gasteiger partial charge in [0, 0.05) is 26.7 Å². The number of halogens is 3. The molecule has 0 bridgehead atoms. The van der Waals surface area contributed by atoms with Crippen molar-refractivity contribution in [1.82, 2.24) is 4.98 Å². The average molecular weight is 456 g/mol.